The molecule has 0 bridgehead atoms. The molecule has 186 valence electrons. The van der Waals surface area contributed by atoms with Crippen LogP contribution in [0.1, 0.15) is 66.0 Å². The summed E-state index contributed by atoms with van der Waals surface area (Å²) in [5.41, 5.74) is 1.39. The third-order valence-corrected chi connectivity index (χ3v) is 6.57. The molecule has 0 saturated carbocycles. The zero-order chi connectivity index (χ0) is 24.9. The predicted octanol–water partition coefficient (Wildman–Crippen LogP) is 6.48. The summed E-state index contributed by atoms with van der Waals surface area (Å²) < 4.78 is 12.1. The van der Waals surface area contributed by atoms with Gasteiger partial charge in [-0.25, -0.2) is 4.79 Å². The van der Waals surface area contributed by atoms with E-state index in [0.29, 0.717) is 12.5 Å². The molecule has 0 unspecified atom stereocenters. The lowest BCUT2D eigenvalue weighted by molar-refractivity contribution is -0.0663. The molecule has 1 saturated heterocycles. The summed E-state index contributed by atoms with van der Waals surface area (Å²) >= 11 is 0. The second-order valence-corrected chi connectivity index (χ2v) is 11.0. The van der Waals surface area contributed by atoms with Crippen LogP contribution in [0.3, 0.4) is 0 Å². The van der Waals surface area contributed by atoms with E-state index in [4.69, 9.17) is 9.47 Å². The average Bonchev–Trinajstić information content (AvgIpc) is 3.00. The van der Waals surface area contributed by atoms with Crippen molar-refractivity contribution in [1.82, 2.24) is 9.80 Å². The van der Waals surface area contributed by atoms with Crippen molar-refractivity contribution < 1.29 is 14.3 Å². The molecular weight excluding hydrogens is 424 g/mol. The Morgan fingerprint density at radius 2 is 1.44 bits per heavy atom. The standard InChI is InChI=1S/C29H42N2O3/c1-22(2)18-26(23(3)34-27(32)31-28(4,5)21-33-29(31,6)7)30(19-24-14-10-8-11-15-24)20-25-16-12-9-13-17-25/h8-17,22-23,26H,18-21H2,1-7H3/t23-,26-/m0/s1. The van der Waals surface area contributed by atoms with Gasteiger partial charge in [0.2, 0.25) is 0 Å². The fraction of sp³-hybridized carbons (Fsp3) is 0.552. The minimum Gasteiger partial charge on any atom is -0.445 e. The van der Waals surface area contributed by atoms with Crippen LogP contribution in [0.2, 0.25) is 0 Å². The first-order valence-corrected chi connectivity index (χ1v) is 12.5. The average molecular weight is 467 g/mol. The Morgan fingerprint density at radius 1 is 0.941 bits per heavy atom. The molecule has 1 aliphatic heterocycles. The van der Waals surface area contributed by atoms with Gasteiger partial charge in [0, 0.05) is 19.1 Å². The van der Waals surface area contributed by atoms with Gasteiger partial charge in [-0.1, -0.05) is 74.5 Å². The number of rotatable bonds is 9. The zero-order valence-corrected chi connectivity index (χ0v) is 22.0. The monoisotopic (exact) mass is 466 g/mol. The Bertz CT molecular complexity index is 854. The number of benzene rings is 2. The lowest BCUT2D eigenvalue weighted by atomic mass is 9.96. The second kappa shape index (κ2) is 10.9. The molecule has 0 radical (unpaired) electrons. The van der Waals surface area contributed by atoms with Crippen LogP contribution in [0.4, 0.5) is 4.79 Å². The first-order chi connectivity index (χ1) is 16.0. The zero-order valence-electron chi connectivity index (χ0n) is 22.0. The molecule has 1 aliphatic rings. The summed E-state index contributed by atoms with van der Waals surface area (Å²) in [6, 6.07) is 21.1. The van der Waals surface area contributed by atoms with E-state index in [2.05, 4.69) is 67.3 Å². The van der Waals surface area contributed by atoms with Crippen molar-refractivity contribution in [3.63, 3.8) is 0 Å². The molecule has 5 heteroatoms. The molecule has 2 aromatic carbocycles. The maximum absolute atomic E-state index is 13.4. The highest BCUT2D eigenvalue weighted by Crippen LogP contribution is 2.35. The van der Waals surface area contributed by atoms with Gasteiger partial charge in [0.05, 0.1) is 12.1 Å². The first kappa shape index (κ1) is 26.2. The quantitative estimate of drug-likeness (QED) is 0.424. The fourth-order valence-electron chi connectivity index (χ4n) is 5.02. The van der Waals surface area contributed by atoms with Crippen molar-refractivity contribution in [3.05, 3.63) is 71.8 Å². The van der Waals surface area contributed by atoms with Gasteiger partial charge in [0.1, 0.15) is 11.8 Å². The van der Waals surface area contributed by atoms with Crippen LogP contribution in [0.25, 0.3) is 0 Å². The summed E-state index contributed by atoms with van der Waals surface area (Å²) in [5, 5.41) is 0. The van der Waals surface area contributed by atoms with Gasteiger partial charge in [-0.3, -0.25) is 9.80 Å². The Labute approximate surface area is 206 Å². The maximum Gasteiger partial charge on any atom is 0.412 e. The topological polar surface area (TPSA) is 42.0 Å². The number of amides is 1. The largest absolute Gasteiger partial charge is 0.445 e. The van der Waals surface area contributed by atoms with Crippen molar-refractivity contribution >= 4 is 6.09 Å². The fourth-order valence-corrected chi connectivity index (χ4v) is 5.02. The van der Waals surface area contributed by atoms with Gasteiger partial charge in [-0.15, -0.1) is 0 Å². The highest BCUT2D eigenvalue weighted by molar-refractivity contribution is 5.70. The van der Waals surface area contributed by atoms with Crippen LogP contribution in [-0.4, -0.2) is 45.9 Å². The van der Waals surface area contributed by atoms with E-state index in [9.17, 15) is 4.79 Å². The van der Waals surface area contributed by atoms with Gasteiger partial charge in [0.25, 0.3) is 0 Å². The van der Waals surface area contributed by atoms with E-state index >= 15 is 0 Å². The maximum atomic E-state index is 13.4. The Kier molecular flexibility index (Phi) is 8.43. The van der Waals surface area contributed by atoms with Gasteiger partial charge in [-0.05, 0) is 58.1 Å². The van der Waals surface area contributed by atoms with Crippen LogP contribution >= 0.6 is 0 Å². The van der Waals surface area contributed by atoms with E-state index in [1.807, 2.05) is 46.8 Å². The number of hydrogen-bond donors (Lipinski definition) is 0. The van der Waals surface area contributed by atoms with Gasteiger partial charge in [0.15, 0.2) is 0 Å². The second-order valence-electron chi connectivity index (χ2n) is 11.0. The third-order valence-electron chi connectivity index (χ3n) is 6.57. The van der Waals surface area contributed by atoms with Crippen molar-refractivity contribution in [2.24, 2.45) is 5.92 Å². The van der Waals surface area contributed by atoms with Crippen LogP contribution < -0.4 is 0 Å². The number of carbonyl (C=O) groups excluding carboxylic acids is 1. The van der Waals surface area contributed by atoms with Crippen molar-refractivity contribution in [2.75, 3.05) is 6.61 Å². The molecule has 5 nitrogen and oxygen atoms in total. The van der Waals surface area contributed by atoms with Gasteiger partial charge in [-0.2, -0.15) is 0 Å². The van der Waals surface area contributed by atoms with Gasteiger partial charge < -0.3 is 9.47 Å². The predicted molar refractivity (Wildman–Crippen MR) is 137 cm³/mol. The van der Waals surface area contributed by atoms with Crippen molar-refractivity contribution in [1.29, 1.82) is 0 Å². The molecule has 3 rings (SSSR count). The van der Waals surface area contributed by atoms with Crippen LogP contribution in [0.15, 0.2) is 60.7 Å². The molecule has 0 N–H and O–H groups in total. The Hall–Kier alpha value is -2.37. The minimum atomic E-state index is -0.693. The van der Waals surface area contributed by atoms with E-state index in [1.54, 1.807) is 4.90 Å². The lowest BCUT2D eigenvalue weighted by Gasteiger charge is -2.40. The smallest absolute Gasteiger partial charge is 0.412 e. The molecule has 2 aromatic rings. The number of carbonyl (C=O) groups is 1. The Morgan fingerprint density at radius 3 is 1.85 bits per heavy atom. The molecule has 1 heterocycles. The molecule has 2 atom stereocenters. The lowest BCUT2D eigenvalue weighted by Crippen LogP contribution is -2.54. The van der Waals surface area contributed by atoms with Crippen LogP contribution in [0.5, 0.6) is 0 Å². The summed E-state index contributed by atoms with van der Waals surface area (Å²) in [5.74, 6) is 0.461. The van der Waals surface area contributed by atoms with E-state index in [-0.39, 0.29) is 18.2 Å². The number of nitrogens with zero attached hydrogens (tertiary/aromatic N) is 2. The van der Waals surface area contributed by atoms with E-state index < -0.39 is 11.3 Å². The van der Waals surface area contributed by atoms with E-state index in [0.717, 1.165) is 19.5 Å². The SMILES string of the molecule is CC(C)C[C@@H]([C@H](C)OC(=O)N1C(C)(C)COC1(C)C)N(Cc1ccccc1)Cc1ccccc1. The normalized spacial score (nSPS) is 18.8. The molecule has 1 amide bonds. The number of ether oxygens (including phenoxy) is 2. The number of hydrogen-bond acceptors (Lipinski definition) is 4. The molecule has 0 aliphatic carbocycles. The summed E-state index contributed by atoms with van der Waals surface area (Å²) in [7, 11) is 0. The van der Waals surface area contributed by atoms with Crippen molar-refractivity contribution in [3.8, 4) is 0 Å². The summed E-state index contributed by atoms with van der Waals surface area (Å²) in [6.07, 6.45) is 0.333. The molecular formula is C29H42N2O3. The summed E-state index contributed by atoms with van der Waals surface area (Å²) in [4.78, 5) is 17.6. The van der Waals surface area contributed by atoms with Crippen LogP contribution in [0, 0.1) is 5.92 Å². The molecule has 0 spiro atoms. The molecule has 1 fully saturated rings. The molecule has 0 aromatic heterocycles. The first-order valence-electron chi connectivity index (χ1n) is 12.5. The summed E-state index contributed by atoms with van der Waals surface area (Å²) in [6.45, 7) is 16.5. The third kappa shape index (κ3) is 6.61. The minimum absolute atomic E-state index is 0.0686. The highest BCUT2D eigenvalue weighted by Gasteiger charge is 2.50. The van der Waals surface area contributed by atoms with Crippen molar-refractivity contribution in [2.45, 2.75) is 91.4 Å². The molecule has 34 heavy (non-hydrogen) atoms. The van der Waals surface area contributed by atoms with Crippen LogP contribution in [-0.2, 0) is 22.6 Å². The van der Waals surface area contributed by atoms with Gasteiger partial charge >= 0.3 is 6.09 Å². The van der Waals surface area contributed by atoms with E-state index in [1.165, 1.54) is 11.1 Å². The highest BCUT2D eigenvalue weighted by atomic mass is 16.6. The Balaban J connectivity index is 1.86.